The Morgan fingerprint density at radius 2 is 2.57 bits per heavy atom. The van der Waals surface area contributed by atoms with E-state index >= 15 is 0 Å². The number of thiophene rings is 1. The van der Waals surface area contributed by atoms with Crippen molar-refractivity contribution in [1.29, 1.82) is 0 Å². The molecule has 3 nitrogen and oxygen atoms in total. The molecule has 5 heteroatoms. The number of esters is 1. The molecule has 0 fully saturated rings. The molecular formula is C9H10BrNO2S. The monoisotopic (exact) mass is 275 g/mol. The van der Waals surface area contributed by atoms with Crippen LogP contribution in [0.25, 0.3) is 0 Å². The highest BCUT2D eigenvalue weighted by Crippen LogP contribution is 2.19. The molecule has 14 heavy (non-hydrogen) atoms. The number of hydrogen-bond acceptors (Lipinski definition) is 4. The van der Waals surface area contributed by atoms with Gasteiger partial charge in [0.25, 0.3) is 0 Å². The van der Waals surface area contributed by atoms with Crippen LogP contribution < -0.4 is 5.32 Å². The topological polar surface area (TPSA) is 38.3 Å². The molecule has 0 unspecified atom stereocenters. The van der Waals surface area contributed by atoms with E-state index in [4.69, 9.17) is 0 Å². The molecule has 76 valence electrons. The second-order valence-electron chi connectivity index (χ2n) is 2.47. The van der Waals surface area contributed by atoms with Crippen molar-refractivity contribution in [3.05, 3.63) is 33.1 Å². The van der Waals surface area contributed by atoms with Crippen molar-refractivity contribution in [2.75, 3.05) is 7.11 Å². The van der Waals surface area contributed by atoms with Crippen LogP contribution in [0.4, 0.5) is 0 Å². The number of methoxy groups -OCH3 is 1. The molecule has 0 bridgehead atoms. The maximum atomic E-state index is 10.7. The Labute approximate surface area is 94.9 Å². The summed E-state index contributed by atoms with van der Waals surface area (Å²) in [5, 5.41) is 5.00. The average molecular weight is 276 g/mol. The predicted octanol–water partition coefficient (Wildman–Crippen LogP) is 2.29. The molecule has 0 aliphatic carbocycles. The molecule has 0 atom stereocenters. The molecule has 1 N–H and O–H groups in total. The minimum Gasteiger partial charge on any atom is -0.466 e. The Kier molecular flexibility index (Phi) is 4.69. The Morgan fingerprint density at radius 1 is 1.79 bits per heavy atom. The SMILES string of the molecule is COC(=O)/C=C/NCc1cc(Br)cs1. The fraction of sp³-hybridized carbons (Fsp3) is 0.222. The summed E-state index contributed by atoms with van der Waals surface area (Å²) < 4.78 is 5.52. The maximum Gasteiger partial charge on any atom is 0.331 e. The lowest BCUT2D eigenvalue weighted by atomic mass is 10.4. The molecule has 0 aliphatic rings. The highest BCUT2D eigenvalue weighted by Gasteiger charge is 1.95. The lowest BCUT2D eigenvalue weighted by Crippen LogP contribution is -2.04. The Morgan fingerprint density at radius 3 is 3.14 bits per heavy atom. The summed E-state index contributed by atoms with van der Waals surface area (Å²) in [7, 11) is 1.35. The molecular weight excluding hydrogens is 266 g/mol. The van der Waals surface area contributed by atoms with Crippen molar-refractivity contribution in [1.82, 2.24) is 5.32 Å². The van der Waals surface area contributed by atoms with E-state index in [1.165, 1.54) is 18.1 Å². The Bertz CT molecular complexity index is 335. The smallest absolute Gasteiger partial charge is 0.331 e. The highest BCUT2D eigenvalue weighted by atomic mass is 79.9. The van der Waals surface area contributed by atoms with Crippen LogP contribution in [0.1, 0.15) is 4.88 Å². The highest BCUT2D eigenvalue weighted by molar-refractivity contribution is 9.10. The van der Waals surface area contributed by atoms with E-state index in [2.05, 4.69) is 26.0 Å². The third kappa shape index (κ3) is 3.93. The van der Waals surface area contributed by atoms with E-state index in [0.717, 1.165) is 4.47 Å². The summed E-state index contributed by atoms with van der Waals surface area (Å²) in [6, 6.07) is 2.03. The summed E-state index contributed by atoms with van der Waals surface area (Å²) in [5.74, 6) is -0.357. The van der Waals surface area contributed by atoms with Gasteiger partial charge in [0.15, 0.2) is 0 Å². The molecule has 1 rings (SSSR count). The minimum atomic E-state index is -0.357. The van der Waals surface area contributed by atoms with Crippen LogP contribution >= 0.6 is 27.3 Å². The largest absolute Gasteiger partial charge is 0.466 e. The van der Waals surface area contributed by atoms with Gasteiger partial charge in [-0.3, -0.25) is 0 Å². The lowest BCUT2D eigenvalue weighted by molar-refractivity contribution is -0.134. The van der Waals surface area contributed by atoms with Gasteiger partial charge >= 0.3 is 5.97 Å². The third-order valence-electron chi connectivity index (χ3n) is 1.44. The van der Waals surface area contributed by atoms with Crippen molar-refractivity contribution in [3.8, 4) is 0 Å². The molecule has 0 aliphatic heterocycles. The summed E-state index contributed by atoms with van der Waals surface area (Å²) in [4.78, 5) is 11.9. The molecule has 0 amide bonds. The zero-order chi connectivity index (χ0) is 10.4. The predicted molar refractivity (Wildman–Crippen MR) is 60.0 cm³/mol. The van der Waals surface area contributed by atoms with Gasteiger partial charge in [-0.2, -0.15) is 0 Å². The zero-order valence-corrected chi connectivity index (χ0v) is 10.0. The molecule has 1 aromatic rings. The maximum absolute atomic E-state index is 10.7. The third-order valence-corrected chi connectivity index (χ3v) is 3.13. The van der Waals surface area contributed by atoms with Gasteiger partial charge in [0, 0.05) is 33.6 Å². The molecule has 0 radical (unpaired) electrons. The quantitative estimate of drug-likeness (QED) is 0.677. The van der Waals surface area contributed by atoms with Crippen LogP contribution in [0.15, 0.2) is 28.2 Å². The van der Waals surface area contributed by atoms with Gasteiger partial charge in [-0.15, -0.1) is 11.3 Å². The van der Waals surface area contributed by atoms with Crippen molar-refractivity contribution >= 4 is 33.2 Å². The van der Waals surface area contributed by atoms with Gasteiger partial charge < -0.3 is 10.1 Å². The van der Waals surface area contributed by atoms with Gasteiger partial charge in [-0.1, -0.05) is 0 Å². The second-order valence-corrected chi connectivity index (χ2v) is 4.38. The van der Waals surface area contributed by atoms with E-state index in [1.807, 2.05) is 11.4 Å². The molecule has 1 aromatic heterocycles. The number of ether oxygens (including phenoxy) is 1. The number of carbonyl (C=O) groups is 1. The van der Waals surface area contributed by atoms with E-state index in [1.54, 1.807) is 17.5 Å². The summed E-state index contributed by atoms with van der Waals surface area (Å²) >= 11 is 5.02. The molecule has 0 aromatic carbocycles. The van der Waals surface area contributed by atoms with E-state index in [-0.39, 0.29) is 5.97 Å². The fourth-order valence-corrected chi connectivity index (χ4v) is 2.20. The van der Waals surface area contributed by atoms with Crippen LogP contribution in [0.3, 0.4) is 0 Å². The first-order valence-electron chi connectivity index (χ1n) is 3.93. The number of rotatable bonds is 4. The number of halogens is 1. The Hall–Kier alpha value is -0.810. The fourth-order valence-electron chi connectivity index (χ4n) is 0.801. The number of nitrogens with one attached hydrogen (secondary N) is 1. The van der Waals surface area contributed by atoms with Gasteiger partial charge in [0.1, 0.15) is 0 Å². The summed E-state index contributed by atoms with van der Waals surface area (Å²) in [5.41, 5.74) is 0. The standard InChI is InChI=1S/C9H10BrNO2S/c1-13-9(12)2-3-11-5-8-4-7(10)6-14-8/h2-4,6,11H,5H2,1H3/b3-2+. The number of carbonyl (C=O) groups excluding carboxylic acids is 1. The van der Waals surface area contributed by atoms with Crippen LogP contribution in [-0.2, 0) is 16.1 Å². The van der Waals surface area contributed by atoms with Gasteiger partial charge in [-0.25, -0.2) is 4.79 Å². The average Bonchev–Trinajstić information content (AvgIpc) is 2.58. The lowest BCUT2D eigenvalue weighted by Gasteiger charge is -1.96. The van der Waals surface area contributed by atoms with Crippen molar-refractivity contribution < 1.29 is 9.53 Å². The molecule has 0 saturated heterocycles. The van der Waals surface area contributed by atoms with Gasteiger partial charge in [0.2, 0.25) is 0 Å². The Balaban J connectivity index is 2.28. The van der Waals surface area contributed by atoms with E-state index in [0.29, 0.717) is 6.54 Å². The van der Waals surface area contributed by atoms with Crippen LogP contribution in [0.2, 0.25) is 0 Å². The second kappa shape index (κ2) is 5.82. The van der Waals surface area contributed by atoms with E-state index in [9.17, 15) is 4.79 Å². The summed E-state index contributed by atoms with van der Waals surface area (Å²) in [6.07, 6.45) is 2.93. The zero-order valence-electron chi connectivity index (χ0n) is 7.62. The summed E-state index contributed by atoms with van der Waals surface area (Å²) in [6.45, 7) is 0.712. The van der Waals surface area contributed by atoms with Crippen LogP contribution in [0.5, 0.6) is 0 Å². The normalized spacial score (nSPS) is 10.4. The first-order chi connectivity index (χ1) is 6.72. The molecule has 1 heterocycles. The van der Waals surface area contributed by atoms with Crippen molar-refractivity contribution in [2.45, 2.75) is 6.54 Å². The van der Waals surface area contributed by atoms with E-state index < -0.39 is 0 Å². The van der Waals surface area contributed by atoms with Crippen molar-refractivity contribution in [3.63, 3.8) is 0 Å². The molecule has 0 saturated carbocycles. The van der Waals surface area contributed by atoms with Crippen LogP contribution in [-0.4, -0.2) is 13.1 Å². The van der Waals surface area contributed by atoms with Crippen molar-refractivity contribution in [2.24, 2.45) is 0 Å². The van der Waals surface area contributed by atoms with Gasteiger partial charge in [0.05, 0.1) is 7.11 Å². The number of hydrogen-bond donors (Lipinski definition) is 1. The molecule has 0 spiro atoms. The van der Waals surface area contributed by atoms with Gasteiger partial charge in [-0.05, 0) is 22.0 Å². The first kappa shape index (κ1) is 11.3. The van der Waals surface area contributed by atoms with Crippen LogP contribution in [0, 0.1) is 0 Å². The minimum absolute atomic E-state index is 0.357. The first-order valence-corrected chi connectivity index (χ1v) is 5.60.